The standard InChI is InChI=1S/C30H52N4O6/c1-3-4-5-6-7-8-9-27-10-12-28(13-11-27)14-16-30(2,26-35)33-29(36)15-18-37-20-22-39-24-25-40-23-21-38-19-17-32-34-31/h10-13,35H,3-9,14-26H2,1-2H3,(H,33,36). The van der Waals surface area contributed by atoms with E-state index in [1.54, 1.807) is 0 Å². The van der Waals surface area contributed by atoms with Crippen LogP contribution >= 0.6 is 0 Å². The number of hydrogen-bond acceptors (Lipinski definition) is 7. The molecule has 0 aliphatic rings. The fourth-order valence-electron chi connectivity index (χ4n) is 4.06. The Labute approximate surface area is 240 Å². The fraction of sp³-hybridized carbons (Fsp3) is 0.767. The Morgan fingerprint density at radius 2 is 1.38 bits per heavy atom. The van der Waals surface area contributed by atoms with Gasteiger partial charge in [0.1, 0.15) is 0 Å². The van der Waals surface area contributed by atoms with Crippen molar-refractivity contribution in [1.82, 2.24) is 5.32 Å². The normalized spacial score (nSPS) is 12.6. The van der Waals surface area contributed by atoms with E-state index >= 15 is 0 Å². The zero-order valence-electron chi connectivity index (χ0n) is 24.8. The van der Waals surface area contributed by atoms with Crippen molar-refractivity contribution in [2.75, 3.05) is 66.0 Å². The molecule has 40 heavy (non-hydrogen) atoms. The number of benzene rings is 1. The molecule has 0 heterocycles. The summed E-state index contributed by atoms with van der Waals surface area (Å²) in [4.78, 5) is 15.1. The molecule has 0 bridgehead atoms. The highest BCUT2D eigenvalue weighted by atomic mass is 16.6. The van der Waals surface area contributed by atoms with Gasteiger partial charge in [-0.2, -0.15) is 0 Å². The second kappa shape index (κ2) is 24.6. The van der Waals surface area contributed by atoms with Gasteiger partial charge in [-0.1, -0.05) is 68.4 Å². The van der Waals surface area contributed by atoms with Crippen molar-refractivity contribution in [3.05, 3.63) is 45.8 Å². The van der Waals surface area contributed by atoms with E-state index in [4.69, 9.17) is 24.5 Å². The molecule has 0 fully saturated rings. The Morgan fingerprint density at radius 1 is 0.850 bits per heavy atom. The number of aliphatic hydroxyl groups is 1. The zero-order valence-corrected chi connectivity index (χ0v) is 24.8. The number of hydrogen-bond donors (Lipinski definition) is 2. The van der Waals surface area contributed by atoms with Gasteiger partial charge in [0.25, 0.3) is 0 Å². The minimum absolute atomic E-state index is 0.118. The molecule has 10 heteroatoms. The zero-order chi connectivity index (χ0) is 29.2. The van der Waals surface area contributed by atoms with Crippen molar-refractivity contribution < 1.29 is 28.8 Å². The smallest absolute Gasteiger partial charge is 0.222 e. The molecular weight excluding hydrogens is 512 g/mol. The third-order valence-electron chi connectivity index (χ3n) is 6.59. The highest BCUT2D eigenvalue weighted by Gasteiger charge is 2.25. The van der Waals surface area contributed by atoms with Gasteiger partial charge < -0.3 is 29.4 Å². The lowest BCUT2D eigenvalue weighted by Crippen LogP contribution is -2.49. The first kappa shape index (κ1) is 35.8. The average Bonchev–Trinajstić information content (AvgIpc) is 2.96. The van der Waals surface area contributed by atoms with Crippen molar-refractivity contribution in [3.63, 3.8) is 0 Å². The maximum Gasteiger partial charge on any atom is 0.222 e. The molecule has 0 aliphatic carbocycles. The van der Waals surface area contributed by atoms with Gasteiger partial charge in [-0.25, -0.2) is 0 Å². The Bertz CT molecular complexity index is 804. The number of ether oxygens (including phenoxy) is 4. The van der Waals surface area contributed by atoms with Crippen molar-refractivity contribution in [3.8, 4) is 0 Å². The predicted octanol–water partition coefficient (Wildman–Crippen LogP) is 5.16. The number of carbonyl (C=O) groups is 1. The molecule has 0 spiro atoms. The highest BCUT2D eigenvalue weighted by Crippen LogP contribution is 2.16. The Kier molecular flexibility index (Phi) is 22.0. The minimum Gasteiger partial charge on any atom is -0.394 e. The van der Waals surface area contributed by atoms with Gasteiger partial charge in [0, 0.05) is 17.9 Å². The maximum atomic E-state index is 12.4. The van der Waals surface area contributed by atoms with Gasteiger partial charge in [0.15, 0.2) is 0 Å². The summed E-state index contributed by atoms with van der Waals surface area (Å²) in [5.74, 6) is -0.137. The van der Waals surface area contributed by atoms with E-state index in [9.17, 15) is 9.90 Å². The third-order valence-corrected chi connectivity index (χ3v) is 6.59. The summed E-state index contributed by atoms with van der Waals surface area (Å²) in [6.07, 6.45) is 10.6. The lowest BCUT2D eigenvalue weighted by atomic mass is 9.93. The number of aryl methyl sites for hydroxylation is 2. The van der Waals surface area contributed by atoms with E-state index in [1.165, 1.54) is 49.7 Å². The molecule has 0 aromatic heterocycles. The van der Waals surface area contributed by atoms with E-state index in [0.29, 0.717) is 65.8 Å². The first-order valence-electron chi connectivity index (χ1n) is 14.8. The summed E-state index contributed by atoms with van der Waals surface area (Å²) < 4.78 is 21.5. The van der Waals surface area contributed by atoms with Crippen LogP contribution in [0.4, 0.5) is 0 Å². The van der Waals surface area contributed by atoms with Crippen molar-refractivity contribution >= 4 is 5.91 Å². The average molecular weight is 565 g/mol. The summed E-state index contributed by atoms with van der Waals surface area (Å²) in [6, 6.07) is 8.74. The number of azide groups is 1. The monoisotopic (exact) mass is 564 g/mol. The van der Waals surface area contributed by atoms with Crippen molar-refractivity contribution in [2.24, 2.45) is 5.11 Å². The second-order valence-corrected chi connectivity index (χ2v) is 10.3. The molecule has 1 rings (SSSR count). The van der Waals surface area contributed by atoms with Crippen LogP contribution in [0.1, 0.15) is 76.3 Å². The molecule has 1 unspecified atom stereocenters. The SMILES string of the molecule is CCCCCCCCc1ccc(CCC(C)(CO)NC(=O)CCOCCOCCOCCOCCN=[N+]=[N-])cc1. The van der Waals surface area contributed by atoms with Crippen molar-refractivity contribution in [1.29, 1.82) is 0 Å². The largest absolute Gasteiger partial charge is 0.394 e. The summed E-state index contributed by atoms with van der Waals surface area (Å²) in [6.45, 7) is 7.58. The number of aliphatic hydroxyl groups excluding tert-OH is 1. The second-order valence-electron chi connectivity index (χ2n) is 10.3. The van der Waals surface area contributed by atoms with Gasteiger partial charge in [-0.15, -0.1) is 0 Å². The number of amides is 1. The van der Waals surface area contributed by atoms with Crippen LogP contribution in [0.5, 0.6) is 0 Å². The van der Waals surface area contributed by atoms with Gasteiger partial charge in [-0.05, 0) is 49.3 Å². The van der Waals surface area contributed by atoms with Crippen LogP contribution in [0, 0.1) is 0 Å². The van der Waals surface area contributed by atoms with Gasteiger partial charge >= 0.3 is 0 Å². The van der Waals surface area contributed by atoms with Gasteiger partial charge in [0.2, 0.25) is 5.91 Å². The van der Waals surface area contributed by atoms with E-state index < -0.39 is 5.54 Å². The molecule has 1 aromatic carbocycles. The number of nitrogens with one attached hydrogen (secondary N) is 1. The van der Waals surface area contributed by atoms with Crippen LogP contribution in [0.25, 0.3) is 10.4 Å². The summed E-state index contributed by atoms with van der Waals surface area (Å²) in [5.41, 5.74) is 10.1. The van der Waals surface area contributed by atoms with E-state index in [2.05, 4.69) is 46.5 Å². The molecule has 0 radical (unpaired) electrons. The molecule has 10 nitrogen and oxygen atoms in total. The van der Waals surface area contributed by atoms with E-state index in [-0.39, 0.29) is 18.9 Å². The number of rotatable bonds is 27. The van der Waals surface area contributed by atoms with Crippen LogP contribution in [0.2, 0.25) is 0 Å². The molecule has 0 saturated heterocycles. The predicted molar refractivity (Wildman–Crippen MR) is 157 cm³/mol. The van der Waals surface area contributed by atoms with E-state index in [1.807, 2.05) is 6.92 Å². The molecule has 228 valence electrons. The fourth-order valence-corrected chi connectivity index (χ4v) is 4.06. The Morgan fingerprint density at radius 3 is 1.95 bits per heavy atom. The number of carbonyl (C=O) groups excluding carboxylic acids is 1. The quantitative estimate of drug-likeness (QED) is 0.0656. The van der Waals surface area contributed by atoms with E-state index in [0.717, 1.165) is 12.8 Å². The summed E-state index contributed by atoms with van der Waals surface area (Å²) in [5, 5.41) is 16.3. The third kappa shape index (κ3) is 19.8. The summed E-state index contributed by atoms with van der Waals surface area (Å²) in [7, 11) is 0. The van der Waals surface area contributed by atoms with Crippen LogP contribution in [-0.4, -0.2) is 82.6 Å². The summed E-state index contributed by atoms with van der Waals surface area (Å²) >= 11 is 0. The molecule has 0 saturated carbocycles. The molecule has 1 aromatic rings. The van der Waals surface area contributed by atoms with Crippen LogP contribution in [0.15, 0.2) is 29.4 Å². The molecule has 2 N–H and O–H groups in total. The first-order chi connectivity index (χ1) is 19.5. The first-order valence-corrected chi connectivity index (χ1v) is 14.8. The lowest BCUT2D eigenvalue weighted by Gasteiger charge is -2.29. The Hall–Kier alpha value is -2.20. The Balaban J connectivity index is 2.09. The van der Waals surface area contributed by atoms with Crippen LogP contribution < -0.4 is 5.32 Å². The molecule has 0 aliphatic heterocycles. The number of unbranched alkanes of at least 4 members (excludes halogenated alkanes) is 5. The minimum atomic E-state index is -0.674. The molecule has 1 atom stereocenters. The molecular formula is C30H52N4O6. The van der Waals surface area contributed by atoms with Crippen LogP contribution in [-0.2, 0) is 36.6 Å². The van der Waals surface area contributed by atoms with Gasteiger partial charge in [-0.3, -0.25) is 4.79 Å². The highest BCUT2D eigenvalue weighted by molar-refractivity contribution is 5.76. The lowest BCUT2D eigenvalue weighted by molar-refractivity contribution is -0.124. The topological polar surface area (TPSA) is 135 Å². The van der Waals surface area contributed by atoms with Crippen LogP contribution in [0.3, 0.4) is 0 Å². The maximum absolute atomic E-state index is 12.4. The van der Waals surface area contributed by atoms with Crippen molar-refractivity contribution in [2.45, 2.75) is 83.6 Å². The van der Waals surface area contributed by atoms with Gasteiger partial charge in [0.05, 0.1) is 65.0 Å². The molecule has 1 amide bonds. The number of nitrogens with zero attached hydrogens (tertiary/aromatic N) is 3.